The van der Waals surface area contributed by atoms with Gasteiger partial charge in [0.1, 0.15) is 11.3 Å². The first-order chi connectivity index (χ1) is 9.72. The van der Waals surface area contributed by atoms with Crippen LogP contribution in [0, 0.1) is 6.92 Å². The Bertz CT molecular complexity index is 736. The van der Waals surface area contributed by atoms with E-state index in [1.54, 1.807) is 12.4 Å². The van der Waals surface area contributed by atoms with Crippen molar-refractivity contribution in [3.63, 3.8) is 0 Å². The van der Waals surface area contributed by atoms with E-state index < -0.39 is 0 Å². The van der Waals surface area contributed by atoms with Crippen molar-refractivity contribution >= 4 is 22.8 Å². The third-order valence-electron chi connectivity index (χ3n) is 3.48. The normalized spacial score (nSPS) is 12.8. The summed E-state index contributed by atoms with van der Waals surface area (Å²) < 4.78 is 2.07. The number of fused-ring (bicyclic) bond motifs is 1. The molecule has 3 aromatic rings. The van der Waals surface area contributed by atoms with Crippen LogP contribution >= 0.6 is 11.6 Å². The zero-order valence-electron chi connectivity index (χ0n) is 11.4. The average Bonchev–Trinajstić information content (AvgIpc) is 2.87. The minimum atomic E-state index is 0.0456. The van der Waals surface area contributed by atoms with Gasteiger partial charge in [-0.25, -0.2) is 9.97 Å². The molecule has 0 N–H and O–H groups in total. The molecule has 0 spiro atoms. The topological polar surface area (TPSA) is 43.6 Å². The molecule has 0 radical (unpaired) electrons. The average molecular weight is 287 g/mol. The van der Waals surface area contributed by atoms with Crippen molar-refractivity contribution in [2.45, 2.75) is 25.8 Å². The lowest BCUT2D eigenvalue weighted by Crippen LogP contribution is -2.11. The maximum absolute atomic E-state index is 6.06. The number of aryl methyl sites for hydroxylation is 1. The largest absolute Gasteiger partial charge is 0.303 e. The Balaban J connectivity index is 2.22. The quantitative estimate of drug-likeness (QED) is 0.692. The van der Waals surface area contributed by atoms with Crippen LogP contribution in [0.2, 0.25) is 0 Å². The van der Waals surface area contributed by atoms with Gasteiger partial charge in [0.15, 0.2) is 5.65 Å². The van der Waals surface area contributed by atoms with Crippen LogP contribution in [0.1, 0.15) is 30.0 Å². The first-order valence-corrected chi connectivity index (χ1v) is 7.05. The Morgan fingerprint density at radius 3 is 2.75 bits per heavy atom. The van der Waals surface area contributed by atoms with Gasteiger partial charge in [0, 0.05) is 12.4 Å². The highest BCUT2D eigenvalue weighted by Crippen LogP contribution is 2.25. The number of alkyl halides is 1. The number of halogens is 1. The highest BCUT2D eigenvalue weighted by Gasteiger charge is 2.19. The lowest BCUT2D eigenvalue weighted by Gasteiger charge is -2.15. The van der Waals surface area contributed by atoms with Crippen molar-refractivity contribution in [1.82, 2.24) is 19.5 Å². The number of hydrogen-bond acceptors (Lipinski definition) is 3. The molecular formula is C15H15ClN4. The first kappa shape index (κ1) is 13.1. The monoisotopic (exact) mass is 286 g/mol. The van der Waals surface area contributed by atoms with E-state index in [2.05, 4.69) is 26.4 Å². The van der Waals surface area contributed by atoms with E-state index >= 15 is 0 Å². The van der Waals surface area contributed by atoms with Crippen molar-refractivity contribution in [2.75, 3.05) is 0 Å². The zero-order valence-corrected chi connectivity index (χ0v) is 12.2. The third-order valence-corrected chi connectivity index (χ3v) is 3.72. The van der Waals surface area contributed by atoms with Crippen LogP contribution in [0.25, 0.3) is 11.2 Å². The Morgan fingerprint density at radius 2 is 2.05 bits per heavy atom. The Hall–Kier alpha value is -1.94. The summed E-state index contributed by atoms with van der Waals surface area (Å²) in [5.74, 6) is 1.18. The van der Waals surface area contributed by atoms with Gasteiger partial charge in [0.05, 0.1) is 17.6 Å². The van der Waals surface area contributed by atoms with E-state index in [0.29, 0.717) is 5.88 Å². The number of imidazole rings is 1. The molecule has 1 unspecified atom stereocenters. The van der Waals surface area contributed by atoms with Crippen LogP contribution in [0.4, 0.5) is 0 Å². The summed E-state index contributed by atoms with van der Waals surface area (Å²) in [4.78, 5) is 13.5. The Kier molecular flexibility index (Phi) is 3.40. The second-order valence-electron chi connectivity index (χ2n) is 4.76. The van der Waals surface area contributed by atoms with Crippen molar-refractivity contribution < 1.29 is 0 Å². The number of hydrogen-bond donors (Lipinski definition) is 0. The SMILES string of the molecule is Cc1ccnc2c1nc(CCl)n2C(C)c1ccccn1. The predicted molar refractivity (Wildman–Crippen MR) is 79.9 cm³/mol. The third kappa shape index (κ3) is 2.06. The van der Waals surface area contributed by atoms with E-state index in [0.717, 1.165) is 28.2 Å². The molecule has 20 heavy (non-hydrogen) atoms. The molecule has 0 amide bonds. The highest BCUT2D eigenvalue weighted by molar-refractivity contribution is 6.16. The molecule has 5 heteroatoms. The molecule has 102 valence electrons. The van der Waals surface area contributed by atoms with Crippen LogP contribution in [-0.4, -0.2) is 19.5 Å². The lowest BCUT2D eigenvalue weighted by atomic mass is 10.2. The van der Waals surface area contributed by atoms with Gasteiger partial charge in [-0.15, -0.1) is 11.6 Å². The van der Waals surface area contributed by atoms with Gasteiger partial charge in [0.2, 0.25) is 0 Å². The van der Waals surface area contributed by atoms with E-state index in [1.165, 1.54) is 0 Å². The maximum Gasteiger partial charge on any atom is 0.160 e. The van der Waals surface area contributed by atoms with Gasteiger partial charge in [-0.1, -0.05) is 6.07 Å². The molecule has 3 aromatic heterocycles. The van der Waals surface area contributed by atoms with E-state index in [-0.39, 0.29) is 6.04 Å². The van der Waals surface area contributed by atoms with Crippen LogP contribution in [0.3, 0.4) is 0 Å². The molecule has 0 aliphatic heterocycles. The predicted octanol–water partition coefficient (Wildman–Crippen LogP) is 3.48. The molecule has 4 nitrogen and oxygen atoms in total. The smallest absolute Gasteiger partial charge is 0.160 e. The van der Waals surface area contributed by atoms with Gasteiger partial charge >= 0.3 is 0 Å². The molecule has 0 aromatic carbocycles. The fourth-order valence-electron chi connectivity index (χ4n) is 2.41. The Labute approximate surface area is 122 Å². The summed E-state index contributed by atoms with van der Waals surface area (Å²) >= 11 is 6.06. The lowest BCUT2D eigenvalue weighted by molar-refractivity contribution is 0.612. The van der Waals surface area contributed by atoms with E-state index in [9.17, 15) is 0 Å². The van der Waals surface area contributed by atoms with Crippen molar-refractivity contribution in [3.05, 3.63) is 53.7 Å². The summed E-state index contributed by atoms with van der Waals surface area (Å²) in [6.45, 7) is 4.12. The van der Waals surface area contributed by atoms with Crippen molar-refractivity contribution in [1.29, 1.82) is 0 Å². The zero-order chi connectivity index (χ0) is 14.1. The number of pyridine rings is 2. The number of aromatic nitrogens is 4. The molecule has 0 aliphatic rings. The highest BCUT2D eigenvalue weighted by atomic mass is 35.5. The summed E-state index contributed by atoms with van der Waals surface area (Å²) in [6, 6.07) is 7.90. The molecule has 0 bridgehead atoms. The second-order valence-corrected chi connectivity index (χ2v) is 5.03. The molecule has 3 rings (SSSR count). The fourth-order valence-corrected chi connectivity index (χ4v) is 2.60. The summed E-state index contributed by atoms with van der Waals surface area (Å²) in [5.41, 5.74) is 3.85. The number of nitrogens with zero attached hydrogens (tertiary/aromatic N) is 4. The van der Waals surface area contributed by atoms with Crippen LogP contribution in [0.15, 0.2) is 36.7 Å². The summed E-state index contributed by atoms with van der Waals surface area (Å²) in [7, 11) is 0. The van der Waals surface area contributed by atoms with Gasteiger partial charge < -0.3 is 4.57 Å². The van der Waals surface area contributed by atoms with E-state index in [4.69, 9.17) is 11.6 Å². The summed E-state index contributed by atoms with van der Waals surface area (Å²) in [5, 5.41) is 0. The van der Waals surface area contributed by atoms with Gasteiger partial charge in [-0.05, 0) is 37.6 Å². The Morgan fingerprint density at radius 1 is 1.20 bits per heavy atom. The first-order valence-electron chi connectivity index (χ1n) is 6.51. The second kappa shape index (κ2) is 5.21. The molecule has 0 fully saturated rings. The molecule has 1 atom stereocenters. The standard InChI is InChI=1S/C15H15ClN4/c1-10-6-8-18-15-14(10)19-13(9-16)20(15)11(2)12-5-3-4-7-17-12/h3-8,11H,9H2,1-2H3. The molecule has 0 aliphatic carbocycles. The van der Waals surface area contributed by atoms with Crippen LogP contribution in [0.5, 0.6) is 0 Å². The maximum atomic E-state index is 6.06. The molecule has 3 heterocycles. The fraction of sp³-hybridized carbons (Fsp3) is 0.267. The van der Waals surface area contributed by atoms with E-state index in [1.807, 2.05) is 31.2 Å². The minimum absolute atomic E-state index is 0.0456. The minimum Gasteiger partial charge on any atom is -0.303 e. The summed E-state index contributed by atoms with van der Waals surface area (Å²) in [6.07, 6.45) is 3.60. The van der Waals surface area contributed by atoms with Gasteiger partial charge in [-0.2, -0.15) is 0 Å². The van der Waals surface area contributed by atoms with Crippen LogP contribution in [-0.2, 0) is 5.88 Å². The molecule has 0 saturated heterocycles. The molecular weight excluding hydrogens is 272 g/mol. The van der Waals surface area contributed by atoms with Gasteiger partial charge in [-0.3, -0.25) is 4.98 Å². The van der Waals surface area contributed by atoms with Crippen molar-refractivity contribution in [3.8, 4) is 0 Å². The number of rotatable bonds is 3. The van der Waals surface area contributed by atoms with Crippen LogP contribution < -0.4 is 0 Å². The molecule has 0 saturated carbocycles. The van der Waals surface area contributed by atoms with Crippen molar-refractivity contribution in [2.24, 2.45) is 0 Å². The van der Waals surface area contributed by atoms with Gasteiger partial charge in [0.25, 0.3) is 0 Å².